The average molecular weight is 421 g/mol. The lowest BCUT2D eigenvalue weighted by molar-refractivity contribution is 0.0528. The molecule has 0 saturated carbocycles. The number of amides is 1. The zero-order chi connectivity index (χ0) is 19.6. The lowest BCUT2D eigenvalue weighted by atomic mass is 10.2. The Kier molecular flexibility index (Phi) is 20.9. The van der Waals surface area contributed by atoms with Gasteiger partial charge >= 0.3 is 6.09 Å². The number of carbonyl (C=O) groups excluding carboxylic acids is 1. The van der Waals surface area contributed by atoms with Crippen LogP contribution in [0.4, 0.5) is 4.79 Å². The van der Waals surface area contributed by atoms with Crippen LogP contribution < -0.4 is 5.32 Å². The van der Waals surface area contributed by atoms with Gasteiger partial charge in [0.15, 0.2) is 0 Å². The van der Waals surface area contributed by atoms with E-state index in [0.717, 1.165) is 10.9 Å². The predicted octanol–water partition coefficient (Wildman–Crippen LogP) is 6.17. The second-order valence-corrected chi connectivity index (χ2v) is 6.56. The molecule has 5 heteroatoms. The third-order valence-corrected chi connectivity index (χ3v) is 2.79. The Balaban J connectivity index is -0.000000317. The first kappa shape index (κ1) is 27.7. The number of nitrogens with one attached hydrogen (secondary N) is 1. The summed E-state index contributed by atoms with van der Waals surface area (Å²) < 4.78 is 6.13. The number of terminal acetylenes is 1. The minimum atomic E-state index is -0.426. The fourth-order valence-corrected chi connectivity index (χ4v) is 1.50. The standard InChI is InChI=1S/C8H16ClNO2.C7H7Br.C2H6.C2H2/c1-8(2,3)12-7(11)10-6-4-5-9;1-6-2-4-7(8)5-3-6;2*1-2/h4-6H2,1-3H3,(H,10,11);2-5H,1H3;1-2H3;1-2H. The minimum absolute atomic E-state index is 0.382. The van der Waals surface area contributed by atoms with Crippen molar-refractivity contribution in [3.8, 4) is 12.8 Å². The van der Waals surface area contributed by atoms with E-state index >= 15 is 0 Å². The molecule has 3 nitrogen and oxygen atoms in total. The van der Waals surface area contributed by atoms with E-state index in [1.807, 2.05) is 46.8 Å². The number of hydrogen-bond donors (Lipinski definition) is 1. The second kappa shape index (κ2) is 18.2. The summed E-state index contributed by atoms with van der Waals surface area (Å²) >= 11 is 8.77. The van der Waals surface area contributed by atoms with Crippen LogP contribution in [0.1, 0.15) is 46.6 Å². The molecule has 0 aromatic heterocycles. The van der Waals surface area contributed by atoms with Gasteiger partial charge in [0.1, 0.15) is 5.60 Å². The summed E-state index contributed by atoms with van der Waals surface area (Å²) in [4.78, 5) is 11.0. The molecule has 0 fully saturated rings. The van der Waals surface area contributed by atoms with E-state index in [9.17, 15) is 4.79 Å². The Bertz CT molecular complexity index is 404. The van der Waals surface area contributed by atoms with E-state index in [1.165, 1.54) is 5.56 Å². The van der Waals surface area contributed by atoms with Gasteiger partial charge in [-0.15, -0.1) is 24.4 Å². The molecule has 138 valence electrons. The number of carbonyl (C=O) groups is 1. The van der Waals surface area contributed by atoms with E-state index in [0.29, 0.717) is 12.4 Å². The van der Waals surface area contributed by atoms with E-state index in [1.54, 1.807) is 0 Å². The van der Waals surface area contributed by atoms with Gasteiger partial charge in [-0.3, -0.25) is 0 Å². The van der Waals surface area contributed by atoms with Crippen LogP contribution >= 0.6 is 27.5 Å². The van der Waals surface area contributed by atoms with Gasteiger partial charge in [0.25, 0.3) is 0 Å². The summed E-state index contributed by atoms with van der Waals surface area (Å²) in [6.07, 6.45) is 8.38. The molecule has 1 aromatic rings. The summed E-state index contributed by atoms with van der Waals surface area (Å²) in [7, 11) is 0. The molecule has 1 amide bonds. The number of rotatable bonds is 3. The van der Waals surface area contributed by atoms with Crippen molar-refractivity contribution in [1.82, 2.24) is 5.32 Å². The highest BCUT2D eigenvalue weighted by molar-refractivity contribution is 9.10. The molecule has 0 aliphatic rings. The van der Waals surface area contributed by atoms with Gasteiger partial charge in [0.2, 0.25) is 0 Å². The highest BCUT2D eigenvalue weighted by atomic mass is 79.9. The summed E-state index contributed by atoms with van der Waals surface area (Å²) in [6.45, 7) is 12.1. The van der Waals surface area contributed by atoms with Crippen molar-refractivity contribution >= 4 is 33.6 Å². The Morgan fingerprint density at radius 3 is 2.00 bits per heavy atom. The monoisotopic (exact) mass is 419 g/mol. The number of ether oxygens (including phenoxy) is 1. The Labute approximate surface area is 161 Å². The molecule has 24 heavy (non-hydrogen) atoms. The first-order chi connectivity index (χ1) is 11.2. The van der Waals surface area contributed by atoms with Crippen molar-refractivity contribution in [2.24, 2.45) is 0 Å². The summed E-state index contributed by atoms with van der Waals surface area (Å²) in [6, 6.07) is 8.22. The quantitative estimate of drug-likeness (QED) is 0.360. The van der Waals surface area contributed by atoms with Crippen LogP contribution in [0.25, 0.3) is 0 Å². The summed E-state index contributed by atoms with van der Waals surface area (Å²) in [5, 5.41) is 2.59. The zero-order valence-corrected chi connectivity index (χ0v) is 18.0. The molecule has 0 spiro atoms. The van der Waals surface area contributed by atoms with E-state index in [4.69, 9.17) is 16.3 Å². The molecule has 0 heterocycles. The topological polar surface area (TPSA) is 38.3 Å². The van der Waals surface area contributed by atoms with Crippen molar-refractivity contribution in [3.05, 3.63) is 34.3 Å². The number of alkyl halides is 1. The molecule has 1 aromatic carbocycles. The second-order valence-electron chi connectivity index (χ2n) is 5.27. The minimum Gasteiger partial charge on any atom is -0.444 e. The molecule has 1 N–H and O–H groups in total. The molecule has 0 aliphatic heterocycles. The van der Waals surface area contributed by atoms with Gasteiger partial charge in [-0.05, 0) is 46.2 Å². The third kappa shape index (κ3) is 23.1. The van der Waals surface area contributed by atoms with Crippen molar-refractivity contribution < 1.29 is 9.53 Å². The van der Waals surface area contributed by atoms with Crippen LogP contribution in [0.2, 0.25) is 0 Å². The summed E-state index contributed by atoms with van der Waals surface area (Å²) in [5.74, 6) is 0.551. The molecule has 0 unspecified atom stereocenters. The number of alkyl carbamates (subject to hydrolysis) is 1. The number of halogens is 2. The van der Waals surface area contributed by atoms with Gasteiger partial charge in [0, 0.05) is 16.9 Å². The van der Waals surface area contributed by atoms with Gasteiger partial charge in [-0.2, -0.15) is 0 Å². The maximum atomic E-state index is 11.0. The van der Waals surface area contributed by atoms with Crippen LogP contribution in [0, 0.1) is 19.8 Å². The maximum Gasteiger partial charge on any atom is 0.407 e. The van der Waals surface area contributed by atoms with Gasteiger partial charge in [-0.1, -0.05) is 47.5 Å². The highest BCUT2D eigenvalue weighted by Crippen LogP contribution is 2.08. The fourth-order valence-electron chi connectivity index (χ4n) is 1.10. The molecule has 0 radical (unpaired) electrons. The van der Waals surface area contributed by atoms with Crippen molar-refractivity contribution in [2.75, 3.05) is 12.4 Å². The molecular formula is C19H31BrClNO2. The number of benzene rings is 1. The smallest absolute Gasteiger partial charge is 0.407 e. The molecular weight excluding hydrogens is 390 g/mol. The number of aryl methyl sites for hydroxylation is 1. The predicted molar refractivity (Wildman–Crippen MR) is 110 cm³/mol. The largest absolute Gasteiger partial charge is 0.444 e. The zero-order valence-electron chi connectivity index (χ0n) is 15.7. The van der Waals surface area contributed by atoms with E-state index < -0.39 is 5.60 Å². The highest BCUT2D eigenvalue weighted by Gasteiger charge is 2.15. The first-order valence-corrected chi connectivity index (χ1v) is 9.15. The Morgan fingerprint density at radius 1 is 1.21 bits per heavy atom. The number of hydrogen-bond acceptors (Lipinski definition) is 2. The van der Waals surface area contributed by atoms with E-state index in [2.05, 4.69) is 53.1 Å². The maximum absolute atomic E-state index is 11.0. The summed E-state index contributed by atoms with van der Waals surface area (Å²) in [5.41, 5.74) is 0.874. The molecule has 0 atom stereocenters. The van der Waals surface area contributed by atoms with Crippen LogP contribution in [0.3, 0.4) is 0 Å². The Hall–Kier alpha value is -1.18. The van der Waals surface area contributed by atoms with Crippen molar-refractivity contribution in [3.63, 3.8) is 0 Å². The van der Waals surface area contributed by atoms with Gasteiger partial charge < -0.3 is 10.1 Å². The normalized spacial score (nSPS) is 8.92. The van der Waals surface area contributed by atoms with Gasteiger partial charge in [0.05, 0.1) is 0 Å². The lowest BCUT2D eigenvalue weighted by Gasteiger charge is -2.19. The SMILES string of the molecule is C#C.CC.CC(C)(C)OC(=O)NCCCCl.Cc1ccc(Br)cc1. The van der Waals surface area contributed by atoms with Crippen molar-refractivity contribution in [1.29, 1.82) is 0 Å². The fraction of sp³-hybridized carbons (Fsp3) is 0.526. The van der Waals surface area contributed by atoms with Crippen molar-refractivity contribution in [2.45, 2.75) is 53.6 Å². The molecule has 0 bridgehead atoms. The lowest BCUT2D eigenvalue weighted by Crippen LogP contribution is -2.33. The van der Waals surface area contributed by atoms with Gasteiger partial charge in [-0.25, -0.2) is 4.79 Å². The molecule has 1 rings (SSSR count). The third-order valence-electron chi connectivity index (χ3n) is 1.99. The van der Waals surface area contributed by atoms with Crippen LogP contribution in [-0.4, -0.2) is 24.1 Å². The first-order valence-electron chi connectivity index (χ1n) is 7.83. The van der Waals surface area contributed by atoms with Crippen LogP contribution in [0.5, 0.6) is 0 Å². The average Bonchev–Trinajstić information content (AvgIpc) is 2.53. The van der Waals surface area contributed by atoms with E-state index in [-0.39, 0.29) is 6.09 Å². The molecule has 0 aliphatic carbocycles. The van der Waals surface area contributed by atoms with Crippen LogP contribution in [0.15, 0.2) is 28.7 Å². The van der Waals surface area contributed by atoms with Crippen LogP contribution in [-0.2, 0) is 4.74 Å². The Morgan fingerprint density at radius 2 is 1.67 bits per heavy atom. The molecule has 0 saturated heterocycles.